The van der Waals surface area contributed by atoms with E-state index in [9.17, 15) is 14.9 Å². The zero-order chi connectivity index (χ0) is 16.7. The third-order valence-electron chi connectivity index (χ3n) is 3.96. The first-order chi connectivity index (χ1) is 11.0. The molecule has 5 nitrogen and oxygen atoms in total. The minimum atomic E-state index is -0.815. The van der Waals surface area contributed by atoms with E-state index in [1.165, 1.54) is 0 Å². The minimum Gasteiger partial charge on any atom is -0.455 e. The number of carbonyl (C=O) groups excluding carboxylic acids is 2. The highest BCUT2D eigenvalue weighted by Crippen LogP contribution is 2.27. The molecule has 0 unspecified atom stereocenters. The van der Waals surface area contributed by atoms with Crippen molar-refractivity contribution in [3.05, 3.63) is 34.9 Å². The van der Waals surface area contributed by atoms with Gasteiger partial charge in [0.15, 0.2) is 6.61 Å². The van der Waals surface area contributed by atoms with E-state index in [2.05, 4.69) is 11.4 Å². The van der Waals surface area contributed by atoms with E-state index >= 15 is 0 Å². The number of hydrogen-bond acceptors (Lipinski definition) is 4. The number of esters is 1. The topological polar surface area (TPSA) is 79.2 Å². The molecule has 0 spiro atoms. The van der Waals surface area contributed by atoms with Crippen molar-refractivity contribution in [1.82, 2.24) is 5.32 Å². The van der Waals surface area contributed by atoms with Gasteiger partial charge in [0.2, 0.25) is 0 Å². The molecule has 1 N–H and O–H groups in total. The number of rotatable bonds is 5. The zero-order valence-electron chi connectivity index (χ0n) is 12.8. The molecule has 1 fully saturated rings. The fourth-order valence-corrected chi connectivity index (χ4v) is 2.92. The summed E-state index contributed by atoms with van der Waals surface area (Å²) in [5.74, 6) is -0.969. The minimum absolute atomic E-state index is 0.0103. The Hall–Kier alpha value is -2.06. The maximum atomic E-state index is 11.9. The molecule has 0 saturated heterocycles. The van der Waals surface area contributed by atoms with Gasteiger partial charge in [-0.3, -0.25) is 9.59 Å². The van der Waals surface area contributed by atoms with Gasteiger partial charge in [-0.15, -0.1) is 0 Å². The molecule has 0 atom stereocenters. The van der Waals surface area contributed by atoms with E-state index in [1.807, 2.05) is 0 Å². The molecule has 1 aromatic rings. The van der Waals surface area contributed by atoms with Gasteiger partial charge in [0.1, 0.15) is 5.54 Å². The second-order valence-electron chi connectivity index (χ2n) is 5.73. The number of halogens is 1. The number of benzene rings is 1. The molecule has 1 aliphatic rings. The Labute approximate surface area is 140 Å². The normalized spacial score (nSPS) is 16.2. The van der Waals surface area contributed by atoms with Gasteiger partial charge in [0, 0.05) is 5.02 Å². The number of nitrogens with one attached hydrogen (secondary N) is 1. The van der Waals surface area contributed by atoms with E-state index in [0.29, 0.717) is 23.4 Å². The lowest BCUT2D eigenvalue weighted by molar-refractivity contribution is -0.148. The van der Waals surface area contributed by atoms with Gasteiger partial charge >= 0.3 is 5.97 Å². The predicted molar refractivity (Wildman–Crippen MR) is 85.7 cm³/mol. The molecule has 6 heteroatoms. The second-order valence-corrected chi connectivity index (χ2v) is 6.14. The van der Waals surface area contributed by atoms with Crippen LogP contribution >= 0.6 is 11.6 Å². The quantitative estimate of drug-likeness (QED) is 0.840. The van der Waals surface area contributed by atoms with Crippen molar-refractivity contribution in [3.8, 4) is 6.07 Å². The molecular formula is C17H19ClN2O3. The summed E-state index contributed by atoms with van der Waals surface area (Å²) in [6.45, 7) is -0.382. The van der Waals surface area contributed by atoms with Crippen molar-refractivity contribution >= 4 is 23.5 Å². The number of hydrogen-bond donors (Lipinski definition) is 1. The van der Waals surface area contributed by atoms with Crippen LogP contribution in [0.15, 0.2) is 24.3 Å². The van der Waals surface area contributed by atoms with Gasteiger partial charge in [-0.2, -0.15) is 5.26 Å². The summed E-state index contributed by atoms with van der Waals surface area (Å²) < 4.78 is 4.97. The molecule has 0 aliphatic heterocycles. The number of carbonyl (C=O) groups is 2. The molecule has 1 saturated carbocycles. The van der Waals surface area contributed by atoms with E-state index in [4.69, 9.17) is 16.3 Å². The summed E-state index contributed by atoms with van der Waals surface area (Å²) in [5, 5.41) is 12.5. The summed E-state index contributed by atoms with van der Waals surface area (Å²) in [4.78, 5) is 23.7. The van der Waals surface area contributed by atoms with Gasteiger partial charge in [0.25, 0.3) is 5.91 Å². The molecule has 122 valence electrons. The van der Waals surface area contributed by atoms with Gasteiger partial charge in [-0.1, -0.05) is 49.1 Å². The molecule has 0 aromatic heterocycles. The largest absolute Gasteiger partial charge is 0.455 e. The fraction of sp³-hybridized carbons (Fsp3) is 0.471. The Kier molecular flexibility index (Phi) is 6.00. The van der Waals surface area contributed by atoms with Crippen LogP contribution in [0.4, 0.5) is 0 Å². The Bertz CT molecular complexity index is 619. The van der Waals surface area contributed by atoms with Gasteiger partial charge < -0.3 is 10.1 Å². The summed E-state index contributed by atoms with van der Waals surface area (Å²) in [7, 11) is 0. The van der Waals surface area contributed by atoms with Gasteiger partial charge in [0.05, 0.1) is 12.5 Å². The van der Waals surface area contributed by atoms with Crippen molar-refractivity contribution in [3.63, 3.8) is 0 Å². The third-order valence-corrected chi connectivity index (χ3v) is 4.33. The number of nitrogens with zero attached hydrogens (tertiary/aromatic N) is 1. The van der Waals surface area contributed by atoms with Crippen molar-refractivity contribution in [2.45, 2.75) is 44.1 Å². The van der Waals surface area contributed by atoms with Crippen LogP contribution in [0, 0.1) is 11.3 Å². The van der Waals surface area contributed by atoms with Crippen molar-refractivity contribution in [1.29, 1.82) is 5.26 Å². The van der Waals surface area contributed by atoms with Crippen LogP contribution in [0.5, 0.6) is 0 Å². The Morgan fingerprint density at radius 1 is 1.26 bits per heavy atom. The lowest BCUT2D eigenvalue weighted by Crippen LogP contribution is -2.50. The monoisotopic (exact) mass is 334 g/mol. The third kappa shape index (κ3) is 4.97. The summed E-state index contributed by atoms with van der Waals surface area (Å²) in [6, 6.07) is 9.17. The lowest BCUT2D eigenvalue weighted by atomic mass is 9.83. The van der Waals surface area contributed by atoms with Crippen LogP contribution in [-0.4, -0.2) is 24.0 Å². The second kappa shape index (κ2) is 7.98. The van der Waals surface area contributed by atoms with Gasteiger partial charge in [-0.25, -0.2) is 0 Å². The Balaban J connectivity index is 1.81. The van der Waals surface area contributed by atoms with Gasteiger partial charge in [-0.05, 0) is 24.5 Å². The predicted octanol–water partition coefficient (Wildman–Crippen LogP) is 2.77. The van der Waals surface area contributed by atoms with E-state index < -0.39 is 17.4 Å². The summed E-state index contributed by atoms with van der Waals surface area (Å²) in [6.07, 6.45) is 4.20. The first-order valence-corrected chi connectivity index (χ1v) is 8.04. The summed E-state index contributed by atoms with van der Waals surface area (Å²) >= 11 is 5.97. The van der Waals surface area contributed by atoms with Crippen molar-refractivity contribution in [2.75, 3.05) is 6.61 Å². The highest BCUT2D eigenvalue weighted by Gasteiger charge is 2.33. The molecule has 0 bridgehead atoms. The highest BCUT2D eigenvalue weighted by molar-refractivity contribution is 6.31. The van der Waals surface area contributed by atoms with Crippen LogP contribution in [0.3, 0.4) is 0 Å². The number of nitriles is 1. The molecule has 0 radical (unpaired) electrons. The lowest BCUT2D eigenvalue weighted by Gasteiger charge is -2.31. The smallest absolute Gasteiger partial charge is 0.310 e. The average molecular weight is 335 g/mol. The molecule has 23 heavy (non-hydrogen) atoms. The summed E-state index contributed by atoms with van der Waals surface area (Å²) in [5.41, 5.74) is -0.162. The number of ether oxygens (including phenoxy) is 1. The first-order valence-electron chi connectivity index (χ1n) is 7.66. The average Bonchev–Trinajstić information content (AvgIpc) is 2.56. The standard InChI is InChI=1S/C17H19ClN2O3/c18-14-7-3-2-6-13(14)10-16(22)23-11-15(21)20-17(12-19)8-4-1-5-9-17/h2-3,6-7H,1,4-5,8-11H2,(H,20,21). The van der Waals surface area contributed by atoms with E-state index in [-0.39, 0.29) is 13.0 Å². The van der Waals surface area contributed by atoms with Crippen LogP contribution in [0.1, 0.15) is 37.7 Å². The van der Waals surface area contributed by atoms with E-state index in [1.54, 1.807) is 24.3 Å². The Morgan fingerprint density at radius 3 is 2.61 bits per heavy atom. The Morgan fingerprint density at radius 2 is 1.96 bits per heavy atom. The van der Waals surface area contributed by atoms with Crippen LogP contribution in [0.25, 0.3) is 0 Å². The molecule has 2 rings (SSSR count). The molecular weight excluding hydrogens is 316 g/mol. The maximum absolute atomic E-state index is 11.9. The van der Waals surface area contributed by atoms with E-state index in [0.717, 1.165) is 19.3 Å². The SMILES string of the molecule is N#CC1(NC(=O)COC(=O)Cc2ccccc2Cl)CCCCC1. The maximum Gasteiger partial charge on any atom is 0.310 e. The molecule has 1 aliphatic carbocycles. The van der Waals surface area contributed by atoms with Crippen molar-refractivity contribution < 1.29 is 14.3 Å². The zero-order valence-corrected chi connectivity index (χ0v) is 13.6. The van der Waals surface area contributed by atoms with Crippen LogP contribution in [-0.2, 0) is 20.7 Å². The molecule has 1 aromatic carbocycles. The molecule has 0 heterocycles. The van der Waals surface area contributed by atoms with Crippen LogP contribution in [0.2, 0.25) is 5.02 Å². The first kappa shape index (κ1) is 17.3. The molecule has 1 amide bonds. The van der Waals surface area contributed by atoms with Crippen molar-refractivity contribution in [2.24, 2.45) is 0 Å². The van der Waals surface area contributed by atoms with Crippen LogP contribution < -0.4 is 5.32 Å². The fourth-order valence-electron chi connectivity index (χ4n) is 2.72. The highest BCUT2D eigenvalue weighted by atomic mass is 35.5. The number of amides is 1.